The highest BCUT2D eigenvalue weighted by Gasteiger charge is 2.17. The standard InChI is InChI=1S/C17H11Cl2N3O3S/c1-10(23)13(12-6-5-11(8-20)7-15(12)19)9-26-21-17-14(18)3-2-4-16(17)22(24)25/h2-7,9,21H,1H3. The van der Waals surface area contributed by atoms with E-state index in [2.05, 4.69) is 4.72 Å². The number of rotatable bonds is 6. The number of benzene rings is 2. The first-order valence-electron chi connectivity index (χ1n) is 7.11. The number of nitro groups is 1. The second kappa shape index (κ2) is 8.72. The fourth-order valence-electron chi connectivity index (χ4n) is 2.05. The highest BCUT2D eigenvalue weighted by Crippen LogP contribution is 2.35. The summed E-state index contributed by atoms with van der Waals surface area (Å²) < 4.78 is 2.78. The maximum absolute atomic E-state index is 12.0. The molecule has 0 aliphatic carbocycles. The quantitative estimate of drug-likeness (QED) is 0.295. The highest BCUT2D eigenvalue weighted by molar-refractivity contribution is 8.03. The van der Waals surface area contributed by atoms with E-state index in [1.165, 1.54) is 36.6 Å². The summed E-state index contributed by atoms with van der Waals surface area (Å²) in [4.78, 5) is 22.5. The molecule has 0 amide bonds. The molecule has 1 N–H and O–H groups in total. The molecular weight excluding hydrogens is 397 g/mol. The summed E-state index contributed by atoms with van der Waals surface area (Å²) >= 11 is 13.1. The minimum atomic E-state index is -0.554. The molecule has 0 bridgehead atoms. The van der Waals surface area contributed by atoms with Gasteiger partial charge < -0.3 is 4.72 Å². The van der Waals surface area contributed by atoms with Crippen LogP contribution in [0.25, 0.3) is 5.57 Å². The lowest BCUT2D eigenvalue weighted by Crippen LogP contribution is -1.99. The molecule has 0 atom stereocenters. The molecule has 0 saturated heterocycles. The SMILES string of the molecule is CC(=O)C(=CSNc1c(Cl)cccc1[N+](=O)[O-])c1ccc(C#N)cc1Cl. The Labute approximate surface area is 163 Å². The molecule has 132 valence electrons. The Hall–Kier alpha value is -2.53. The third kappa shape index (κ3) is 4.55. The Morgan fingerprint density at radius 2 is 2.04 bits per heavy atom. The predicted molar refractivity (Wildman–Crippen MR) is 104 cm³/mol. The number of carbonyl (C=O) groups excluding carboxylic acids is 1. The number of nitrogens with zero attached hydrogens (tertiary/aromatic N) is 2. The van der Waals surface area contributed by atoms with Gasteiger partial charge in [-0.1, -0.05) is 35.3 Å². The minimum Gasteiger partial charge on any atom is -0.319 e. The van der Waals surface area contributed by atoms with Gasteiger partial charge in [0.05, 0.1) is 21.6 Å². The first-order valence-corrected chi connectivity index (χ1v) is 8.74. The first kappa shape index (κ1) is 19.8. The van der Waals surface area contributed by atoms with E-state index < -0.39 is 4.92 Å². The van der Waals surface area contributed by atoms with Gasteiger partial charge >= 0.3 is 0 Å². The van der Waals surface area contributed by atoms with Crippen molar-refractivity contribution in [3.05, 3.63) is 73.1 Å². The normalized spacial score (nSPS) is 10.9. The van der Waals surface area contributed by atoms with Crippen molar-refractivity contribution in [2.45, 2.75) is 6.92 Å². The first-order chi connectivity index (χ1) is 12.3. The third-order valence-electron chi connectivity index (χ3n) is 3.29. The van der Waals surface area contributed by atoms with Gasteiger partial charge in [-0.25, -0.2) is 0 Å². The van der Waals surface area contributed by atoms with Gasteiger partial charge in [-0.3, -0.25) is 14.9 Å². The van der Waals surface area contributed by atoms with Crippen molar-refractivity contribution in [3.63, 3.8) is 0 Å². The zero-order valence-electron chi connectivity index (χ0n) is 13.3. The molecule has 0 fully saturated rings. The van der Waals surface area contributed by atoms with Crippen molar-refractivity contribution in [1.82, 2.24) is 0 Å². The second-order valence-electron chi connectivity index (χ2n) is 5.01. The topological polar surface area (TPSA) is 96.0 Å². The molecule has 0 saturated carbocycles. The monoisotopic (exact) mass is 407 g/mol. The number of halogens is 2. The van der Waals surface area contributed by atoms with Crippen LogP contribution in [-0.2, 0) is 4.79 Å². The number of anilines is 1. The van der Waals surface area contributed by atoms with E-state index in [0.29, 0.717) is 16.7 Å². The highest BCUT2D eigenvalue weighted by atomic mass is 35.5. The van der Waals surface area contributed by atoms with Crippen LogP contribution < -0.4 is 4.72 Å². The zero-order chi connectivity index (χ0) is 19.3. The maximum atomic E-state index is 12.0. The molecule has 0 spiro atoms. The van der Waals surface area contributed by atoms with E-state index in [0.717, 1.165) is 11.9 Å². The number of nitro benzene ring substituents is 1. The average molecular weight is 408 g/mol. The number of carbonyl (C=O) groups is 1. The van der Waals surface area contributed by atoms with Crippen LogP contribution in [0.3, 0.4) is 0 Å². The van der Waals surface area contributed by atoms with E-state index in [1.54, 1.807) is 12.1 Å². The molecule has 2 aromatic carbocycles. The van der Waals surface area contributed by atoms with Crippen molar-refractivity contribution in [3.8, 4) is 6.07 Å². The van der Waals surface area contributed by atoms with E-state index in [1.807, 2.05) is 6.07 Å². The number of ketones is 1. The van der Waals surface area contributed by atoms with Crippen molar-refractivity contribution < 1.29 is 9.72 Å². The minimum absolute atomic E-state index is 0.134. The van der Waals surface area contributed by atoms with Crippen LogP contribution in [0, 0.1) is 21.4 Å². The fraction of sp³-hybridized carbons (Fsp3) is 0.0588. The molecule has 9 heteroatoms. The van der Waals surface area contributed by atoms with Crippen LogP contribution in [0.15, 0.2) is 41.8 Å². The summed E-state index contributed by atoms with van der Waals surface area (Å²) in [6, 6.07) is 10.9. The molecule has 0 aliphatic heterocycles. The molecule has 2 rings (SSSR count). The summed E-state index contributed by atoms with van der Waals surface area (Å²) in [5.41, 5.74) is 1.08. The largest absolute Gasteiger partial charge is 0.319 e. The molecule has 0 radical (unpaired) electrons. The van der Waals surface area contributed by atoms with Crippen LogP contribution in [0.4, 0.5) is 11.4 Å². The Morgan fingerprint density at radius 3 is 2.62 bits per heavy atom. The molecular formula is C17H11Cl2N3O3S. The van der Waals surface area contributed by atoms with Crippen molar-refractivity contribution in [2.24, 2.45) is 0 Å². The lowest BCUT2D eigenvalue weighted by molar-refractivity contribution is -0.383. The second-order valence-corrected chi connectivity index (χ2v) is 6.50. The number of allylic oxidation sites excluding steroid dienone is 1. The van der Waals surface area contributed by atoms with Crippen LogP contribution in [0.5, 0.6) is 0 Å². The molecule has 26 heavy (non-hydrogen) atoms. The molecule has 0 heterocycles. The number of nitrogens with one attached hydrogen (secondary N) is 1. The Bertz CT molecular complexity index is 955. The van der Waals surface area contributed by atoms with Crippen LogP contribution in [0.1, 0.15) is 18.1 Å². The molecule has 0 aromatic heterocycles. The van der Waals surface area contributed by atoms with E-state index in [-0.39, 0.29) is 27.2 Å². The van der Waals surface area contributed by atoms with Gasteiger partial charge in [0.25, 0.3) is 5.69 Å². The number of hydrogen-bond donors (Lipinski definition) is 1. The number of nitriles is 1. The van der Waals surface area contributed by atoms with Crippen LogP contribution in [0.2, 0.25) is 10.0 Å². The van der Waals surface area contributed by atoms with Crippen molar-refractivity contribution >= 4 is 57.9 Å². The van der Waals surface area contributed by atoms with Crippen LogP contribution >= 0.6 is 35.1 Å². The lowest BCUT2D eigenvalue weighted by atomic mass is 10.0. The van der Waals surface area contributed by atoms with Gasteiger partial charge in [-0.05, 0) is 37.1 Å². The summed E-state index contributed by atoms with van der Waals surface area (Å²) in [5.74, 6) is -0.250. The predicted octanol–water partition coefficient (Wildman–Crippen LogP) is 5.46. The van der Waals surface area contributed by atoms with Gasteiger partial charge in [0, 0.05) is 27.6 Å². The number of Topliss-reactive ketones (excluding diaryl/α,β-unsaturated/α-hetero) is 1. The van der Waals surface area contributed by atoms with Gasteiger partial charge in [-0.15, -0.1) is 0 Å². The average Bonchev–Trinajstić information content (AvgIpc) is 2.59. The molecule has 6 nitrogen and oxygen atoms in total. The smallest absolute Gasteiger partial charge is 0.294 e. The Morgan fingerprint density at radius 1 is 1.31 bits per heavy atom. The zero-order valence-corrected chi connectivity index (χ0v) is 15.7. The molecule has 0 aliphatic rings. The molecule has 2 aromatic rings. The van der Waals surface area contributed by atoms with Crippen LogP contribution in [-0.4, -0.2) is 10.7 Å². The van der Waals surface area contributed by atoms with Crippen molar-refractivity contribution in [1.29, 1.82) is 5.26 Å². The summed E-state index contributed by atoms with van der Waals surface area (Å²) in [5, 5.41) is 21.9. The van der Waals surface area contributed by atoms with Gasteiger partial charge in [0.2, 0.25) is 0 Å². The van der Waals surface area contributed by atoms with Gasteiger partial charge in [0.15, 0.2) is 5.78 Å². The Balaban J connectivity index is 2.32. The summed E-state index contributed by atoms with van der Waals surface area (Å²) in [6.07, 6.45) is 0. The Kier molecular flexibility index (Phi) is 6.64. The third-order valence-corrected chi connectivity index (χ3v) is 4.60. The van der Waals surface area contributed by atoms with E-state index in [4.69, 9.17) is 28.5 Å². The number of para-hydroxylation sites is 1. The van der Waals surface area contributed by atoms with Gasteiger partial charge in [0.1, 0.15) is 5.69 Å². The van der Waals surface area contributed by atoms with E-state index >= 15 is 0 Å². The van der Waals surface area contributed by atoms with Crippen molar-refractivity contribution in [2.75, 3.05) is 4.72 Å². The molecule has 0 unspecified atom stereocenters. The van der Waals surface area contributed by atoms with E-state index in [9.17, 15) is 14.9 Å². The van der Waals surface area contributed by atoms with Gasteiger partial charge in [-0.2, -0.15) is 5.26 Å². The number of hydrogen-bond acceptors (Lipinski definition) is 6. The summed E-state index contributed by atoms with van der Waals surface area (Å²) in [6.45, 7) is 1.37. The summed E-state index contributed by atoms with van der Waals surface area (Å²) in [7, 11) is 0. The maximum Gasteiger partial charge on any atom is 0.294 e. The lowest BCUT2D eigenvalue weighted by Gasteiger charge is -2.09. The fourth-order valence-corrected chi connectivity index (χ4v) is 3.41.